The molecule has 180 valence electrons. The van der Waals surface area contributed by atoms with Crippen molar-refractivity contribution >= 4 is 32.7 Å². The average molecular weight is 479 g/mol. The Morgan fingerprint density at radius 3 is 2.68 bits per heavy atom. The zero-order valence-electron chi connectivity index (χ0n) is 19.7. The number of anilines is 1. The lowest BCUT2D eigenvalue weighted by Crippen LogP contribution is -2.47. The van der Waals surface area contributed by atoms with Crippen LogP contribution in [0.2, 0.25) is 0 Å². The topological polar surface area (TPSA) is 64.6 Å². The largest absolute Gasteiger partial charge is 0.356 e. The Bertz CT molecular complexity index is 1030. The summed E-state index contributed by atoms with van der Waals surface area (Å²) < 4.78 is 0. The minimum Gasteiger partial charge on any atom is -0.356 e. The van der Waals surface area contributed by atoms with Gasteiger partial charge in [0.1, 0.15) is 10.3 Å². The molecule has 2 aliphatic rings. The number of pyridine rings is 1. The van der Waals surface area contributed by atoms with E-state index in [1.807, 2.05) is 12.1 Å². The Balaban J connectivity index is 1.01. The van der Waals surface area contributed by atoms with Crippen molar-refractivity contribution in [3.05, 3.63) is 54.2 Å². The van der Waals surface area contributed by atoms with E-state index in [1.54, 1.807) is 17.5 Å². The number of aromatic nitrogens is 2. The van der Waals surface area contributed by atoms with E-state index in [4.69, 9.17) is 4.98 Å². The summed E-state index contributed by atoms with van der Waals surface area (Å²) in [5, 5.41) is 4.18. The fraction of sp³-hybridized carbons (Fsp3) is 0.500. The highest BCUT2D eigenvalue weighted by Crippen LogP contribution is 2.30. The SMILES string of the molecule is O=C(NCCCN1CCN(Cc2ccccc2)CC1)[C@H]1CCCN(c2nc3cccnc3s2)C1. The summed E-state index contributed by atoms with van der Waals surface area (Å²) in [5.74, 6) is 0.229. The smallest absolute Gasteiger partial charge is 0.224 e. The first kappa shape index (κ1) is 23.2. The second-order valence-corrected chi connectivity index (χ2v) is 10.3. The number of piperidine rings is 1. The predicted octanol–water partition coefficient (Wildman–Crippen LogP) is 3.23. The standard InChI is InChI=1S/C26H34N6OS/c33-24(22-9-5-14-32(20-22)26-29-23-10-4-11-28-25(23)34-26)27-12-6-13-30-15-17-31(18-16-30)19-21-7-2-1-3-8-21/h1-4,7-8,10-11,22H,5-6,9,12-20H2,(H,27,33)/t22-/m0/s1. The van der Waals surface area contributed by atoms with Crippen LogP contribution < -0.4 is 10.2 Å². The minimum atomic E-state index is 0.0373. The Morgan fingerprint density at radius 2 is 1.85 bits per heavy atom. The van der Waals surface area contributed by atoms with E-state index in [2.05, 4.69) is 55.3 Å². The van der Waals surface area contributed by atoms with Gasteiger partial charge in [-0.05, 0) is 43.5 Å². The molecule has 34 heavy (non-hydrogen) atoms. The average Bonchev–Trinajstić information content (AvgIpc) is 3.33. The molecule has 1 amide bonds. The number of hydrogen-bond donors (Lipinski definition) is 1. The second-order valence-electron chi connectivity index (χ2n) is 9.36. The monoisotopic (exact) mass is 478 g/mol. The molecule has 0 saturated carbocycles. The van der Waals surface area contributed by atoms with E-state index in [9.17, 15) is 4.79 Å². The summed E-state index contributed by atoms with van der Waals surface area (Å²) in [6.45, 7) is 8.98. The fourth-order valence-electron chi connectivity index (χ4n) is 4.93. The number of rotatable bonds is 8. The van der Waals surface area contributed by atoms with E-state index >= 15 is 0 Å². The maximum Gasteiger partial charge on any atom is 0.224 e. The van der Waals surface area contributed by atoms with E-state index in [0.29, 0.717) is 0 Å². The molecule has 2 aliphatic heterocycles. The van der Waals surface area contributed by atoms with Crippen LogP contribution in [0.15, 0.2) is 48.7 Å². The Labute approximate surface area is 205 Å². The second kappa shape index (κ2) is 11.3. The van der Waals surface area contributed by atoms with Gasteiger partial charge in [-0.15, -0.1) is 0 Å². The van der Waals surface area contributed by atoms with Crippen LogP contribution in [0.4, 0.5) is 5.13 Å². The third-order valence-electron chi connectivity index (χ3n) is 6.88. The molecule has 1 N–H and O–H groups in total. The number of nitrogens with zero attached hydrogens (tertiary/aromatic N) is 5. The molecule has 0 radical (unpaired) electrons. The van der Waals surface area contributed by atoms with Crippen molar-refractivity contribution in [2.24, 2.45) is 5.92 Å². The molecule has 5 rings (SSSR count). The molecule has 2 fully saturated rings. The van der Waals surface area contributed by atoms with Gasteiger partial charge < -0.3 is 15.1 Å². The molecule has 7 nitrogen and oxygen atoms in total. The van der Waals surface area contributed by atoms with Gasteiger partial charge >= 0.3 is 0 Å². The van der Waals surface area contributed by atoms with Crippen LogP contribution in [0.5, 0.6) is 0 Å². The summed E-state index contributed by atoms with van der Waals surface area (Å²) in [4.78, 5) is 30.2. The number of benzene rings is 1. The number of fused-ring (bicyclic) bond motifs is 1. The number of carbonyl (C=O) groups excluding carboxylic acids is 1. The van der Waals surface area contributed by atoms with Crippen molar-refractivity contribution in [1.29, 1.82) is 0 Å². The van der Waals surface area contributed by atoms with Crippen LogP contribution in [0.25, 0.3) is 10.3 Å². The normalized spacial score (nSPS) is 20.0. The number of nitrogens with one attached hydrogen (secondary N) is 1. The first-order chi connectivity index (χ1) is 16.7. The summed E-state index contributed by atoms with van der Waals surface area (Å²) in [6.07, 6.45) is 4.79. The van der Waals surface area contributed by atoms with Gasteiger partial charge in [-0.2, -0.15) is 0 Å². The van der Waals surface area contributed by atoms with Crippen molar-refractivity contribution in [2.45, 2.75) is 25.8 Å². The molecule has 0 bridgehead atoms. The van der Waals surface area contributed by atoms with Crippen molar-refractivity contribution in [3.8, 4) is 0 Å². The third-order valence-corrected chi connectivity index (χ3v) is 7.92. The minimum absolute atomic E-state index is 0.0373. The Hall–Kier alpha value is -2.55. The van der Waals surface area contributed by atoms with Gasteiger partial charge in [-0.3, -0.25) is 9.69 Å². The van der Waals surface area contributed by atoms with Crippen LogP contribution in [-0.4, -0.2) is 78.0 Å². The van der Waals surface area contributed by atoms with E-state index in [0.717, 1.165) is 93.6 Å². The van der Waals surface area contributed by atoms with Crippen LogP contribution >= 0.6 is 11.3 Å². The zero-order valence-corrected chi connectivity index (χ0v) is 20.6. The highest BCUT2D eigenvalue weighted by molar-refractivity contribution is 7.21. The number of thiazole rings is 1. The first-order valence-electron chi connectivity index (χ1n) is 12.5. The fourth-order valence-corrected chi connectivity index (χ4v) is 5.87. The number of amides is 1. The van der Waals surface area contributed by atoms with Gasteiger partial charge in [-0.25, -0.2) is 9.97 Å². The molecule has 0 aliphatic carbocycles. The van der Waals surface area contributed by atoms with Crippen molar-refractivity contribution in [1.82, 2.24) is 25.1 Å². The quantitative estimate of drug-likeness (QED) is 0.502. The molecular weight excluding hydrogens is 444 g/mol. The van der Waals surface area contributed by atoms with E-state index in [1.165, 1.54) is 5.56 Å². The third kappa shape index (κ3) is 5.92. The lowest BCUT2D eigenvalue weighted by molar-refractivity contribution is -0.125. The number of hydrogen-bond acceptors (Lipinski definition) is 7. The van der Waals surface area contributed by atoms with Crippen molar-refractivity contribution < 1.29 is 4.79 Å². The van der Waals surface area contributed by atoms with Gasteiger partial charge in [0.05, 0.1) is 5.92 Å². The first-order valence-corrected chi connectivity index (χ1v) is 13.3. The molecular formula is C26H34N6OS. The van der Waals surface area contributed by atoms with Gasteiger partial charge in [0.25, 0.3) is 0 Å². The molecule has 0 spiro atoms. The zero-order chi connectivity index (χ0) is 23.2. The van der Waals surface area contributed by atoms with E-state index < -0.39 is 0 Å². The number of carbonyl (C=O) groups is 1. The van der Waals surface area contributed by atoms with Crippen molar-refractivity contribution in [2.75, 3.05) is 57.3 Å². The van der Waals surface area contributed by atoms with Gasteiger partial charge in [0.2, 0.25) is 5.91 Å². The predicted molar refractivity (Wildman–Crippen MR) is 138 cm³/mol. The summed E-state index contributed by atoms with van der Waals surface area (Å²) >= 11 is 1.62. The molecule has 1 atom stereocenters. The summed E-state index contributed by atoms with van der Waals surface area (Å²) in [5.41, 5.74) is 2.33. The maximum atomic E-state index is 12.8. The number of piperazine rings is 1. The van der Waals surface area contributed by atoms with Crippen LogP contribution in [0.1, 0.15) is 24.8 Å². The van der Waals surface area contributed by atoms with Gasteiger partial charge in [-0.1, -0.05) is 41.7 Å². The van der Waals surface area contributed by atoms with Crippen molar-refractivity contribution in [3.63, 3.8) is 0 Å². The summed E-state index contributed by atoms with van der Waals surface area (Å²) in [7, 11) is 0. The Morgan fingerprint density at radius 1 is 1.03 bits per heavy atom. The molecule has 4 heterocycles. The Kier molecular flexibility index (Phi) is 7.68. The van der Waals surface area contributed by atoms with Crippen LogP contribution in [-0.2, 0) is 11.3 Å². The van der Waals surface area contributed by atoms with Crippen LogP contribution in [0.3, 0.4) is 0 Å². The maximum absolute atomic E-state index is 12.8. The molecule has 3 aromatic rings. The highest BCUT2D eigenvalue weighted by atomic mass is 32.1. The summed E-state index contributed by atoms with van der Waals surface area (Å²) in [6, 6.07) is 14.6. The molecule has 2 aromatic heterocycles. The van der Waals surface area contributed by atoms with Gasteiger partial charge in [0.15, 0.2) is 5.13 Å². The van der Waals surface area contributed by atoms with Gasteiger partial charge in [0, 0.05) is 58.6 Å². The molecule has 0 unspecified atom stereocenters. The van der Waals surface area contributed by atoms with E-state index in [-0.39, 0.29) is 11.8 Å². The highest BCUT2D eigenvalue weighted by Gasteiger charge is 2.27. The molecule has 2 saturated heterocycles. The van der Waals surface area contributed by atoms with Crippen LogP contribution in [0, 0.1) is 5.92 Å². The lowest BCUT2D eigenvalue weighted by Gasteiger charge is -2.35. The molecule has 1 aromatic carbocycles. The molecule has 8 heteroatoms. The lowest BCUT2D eigenvalue weighted by atomic mass is 9.97.